The van der Waals surface area contributed by atoms with Crippen molar-refractivity contribution in [3.63, 3.8) is 0 Å². The van der Waals surface area contributed by atoms with E-state index < -0.39 is 0 Å². The van der Waals surface area contributed by atoms with Gasteiger partial charge in [0.25, 0.3) is 5.91 Å². The molecule has 0 bridgehead atoms. The molecule has 1 aromatic carbocycles. The van der Waals surface area contributed by atoms with Crippen molar-refractivity contribution in [2.75, 3.05) is 39.3 Å². The number of hydrogen-bond donors (Lipinski definition) is 0. The van der Waals surface area contributed by atoms with Crippen LogP contribution in [0.1, 0.15) is 28.9 Å². The van der Waals surface area contributed by atoms with Crippen molar-refractivity contribution in [1.29, 1.82) is 0 Å². The predicted molar refractivity (Wildman–Crippen MR) is 110 cm³/mol. The molecule has 0 radical (unpaired) electrons. The standard InChI is InChI=1S/C22H26ClN3O2/c23-19-6-10-24-20(16-19)21(27)26-14-15-28-22(17-26)8-12-25(13-9-22)11-7-18-4-2-1-3-5-18/h1-6,10,16H,7-9,11-15,17H2. The van der Waals surface area contributed by atoms with Gasteiger partial charge in [0, 0.05) is 37.4 Å². The quantitative estimate of drug-likeness (QED) is 0.791. The van der Waals surface area contributed by atoms with Gasteiger partial charge in [-0.3, -0.25) is 9.78 Å². The van der Waals surface area contributed by atoms with Crippen LogP contribution in [0.5, 0.6) is 0 Å². The van der Waals surface area contributed by atoms with Gasteiger partial charge in [-0.15, -0.1) is 0 Å². The first-order valence-electron chi connectivity index (χ1n) is 9.95. The molecular formula is C22H26ClN3O2. The summed E-state index contributed by atoms with van der Waals surface area (Å²) in [4.78, 5) is 21.4. The van der Waals surface area contributed by atoms with Gasteiger partial charge in [-0.1, -0.05) is 41.9 Å². The van der Waals surface area contributed by atoms with E-state index >= 15 is 0 Å². The van der Waals surface area contributed by atoms with Crippen molar-refractivity contribution in [1.82, 2.24) is 14.8 Å². The summed E-state index contributed by atoms with van der Waals surface area (Å²) in [5, 5.41) is 0.535. The Bertz CT molecular complexity index is 806. The first-order chi connectivity index (χ1) is 13.6. The summed E-state index contributed by atoms with van der Waals surface area (Å²) >= 11 is 6.02. The molecule has 2 aliphatic heterocycles. The van der Waals surface area contributed by atoms with Gasteiger partial charge < -0.3 is 14.5 Å². The molecule has 0 saturated carbocycles. The summed E-state index contributed by atoms with van der Waals surface area (Å²) in [6.07, 6.45) is 4.56. The molecule has 0 atom stereocenters. The Labute approximate surface area is 171 Å². The summed E-state index contributed by atoms with van der Waals surface area (Å²) in [5.41, 5.74) is 1.56. The summed E-state index contributed by atoms with van der Waals surface area (Å²) in [6, 6.07) is 13.9. The molecule has 148 valence electrons. The average molecular weight is 400 g/mol. The molecular weight excluding hydrogens is 374 g/mol. The van der Waals surface area contributed by atoms with Crippen molar-refractivity contribution < 1.29 is 9.53 Å². The first-order valence-corrected chi connectivity index (χ1v) is 10.3. The zero-order chi connectivity index (χ0) is 19.4. The number of ether oxygens (including phenoxy) is 1. The van der Waals surface area contributed by atoms with E-state index in [1.165, 1.54) is 5.56 Å². The second-order valence-corrected chi connectivity index (χ2v) is 8.13. The number of carbonyl (C=O) groups is 1. The van der Waals surface area contributed by atoms with Gasteiger partial charge in [0.2, 0.25) is 0 Å². The topological polar surface area (TPSA) is 45.7 Å². The van der Waals surface area contributed by atoms with Crippen LogP contribution in [-0.4, -0.2) is 65.6 Å². The molecule has 0 aliphatic carbocycles. The fraction of sp³-hybridized carbons (Fsp3) is 0.455. The van der Waals surface area contributed by atoms with E-state index in [9.17, 15) is 4.79 Å². The molecule has 1 spiro atoms. The number of halogens is 1. The number of amides is 1. The number of hydrogen-bond acceptors (Lipinski definition) is 4. The maximum atomic E-state index is 12.8. The van der Waals surface area contributed by atoms with Gasteiger partial charge in [0.15, 0.2) is 0 Å². The Morgan fingerprint density at radius 2 is 1.93 bits per heavy atom. The highest BCUT2D eigenvalue weighted by Crippen LogP contribution is 2.31. The van der Waals surface area contributed by atoms with E-state index in [1.807, 2.05) is 4.90 Å². The second-order valence-electron chi connectivity index (χ2n) is 7.69. The summed E-state index contributed by atoms with van der Waals surface area (Å²) in [7, 11) is 0. The highest BCUT2D eigenvalue weighted by Gasteiger charge is 2.41. The average Bonchev–Trinajstić information content (AvgIpc) is 2.74. The zero-order valence-corrected chi connectivity index (χ0v) is 16.8. The van der Waals surface area contributed by atoms with Gasteiger partial charge in [0.05, 0.1) is 18.8 Å². The maximum absolute atomic E-state index is 12.8. The zero-order valence-electron chi connectivity index (χ0n) is 16.0. The number of piperidine rings is 1. The van der Waals surface area contributed by atoms with Crippen LogP contribution >= 0.6 is 11.6 Å². The molecule has 1 aromatic heterocycles. The van der Waals surface area contributed by atoms with Crippen molar-refractivity contribution in [2.24, 2.45) is 0 Å². The number of pyridine rings is 1. The third-order valence-electron chi connectivity index (χ3n) is 5.80. The number of nitrogens with zero attached hydrogens (tertiary/aromatic N) is 3. The maximum Gasteiger partial charge on any atom is 0.272 e. The minimum atomic E-state index is -0.226. The molecule has 3 heterocycles. The number of aromatic nitrogens is 1. The Balaban J connectivity index is 1.32. The third-order valence-corrected chi connectivity index (χ3v) is 6.04. The van der Waals surface area contributed by atoms with Gasteiger partial charge in [-0.2, -0.15) is 0 Å². The van der Waals surface area contributed by atoms with Gasteiger partial charge in [-0.05, 0) is 37.0 Å². The number of carbonyl (C=O) groups excluding carboxylic acids is 1. The van der Waals surface area contributed by atoms with Crippen LogP contribution in [-0.2, 0) is 11.2 Å². The minimum Gasteiger partial charge on any atom is -0.371 e. The van der Waals surface area contributed by atoms with Crippen LogP contribution in [0.15, 0.2) is 48.7 Å². The van der Waals surface area contributed by atoms with Crippen LogP contribution in [0.4, 0.5) is 0 Å². The number of morpholine rings is 1. The van der Waals surface area contributed by atoms with E-state index in [2.05, 4.69) is 40.2 Å². The lowest BCUT2D eigenvalue weighted by molar-refractivity contribution is -0.127. The molecule has 0 N–H and O–H groups in total. The Morgan fingerprint density at radius 3 is 2.68 bits per heavy atom. The van der Waals surface area contributed by atoms with Crippen LogP contribution in [0.25, 0.3) is 0 Å². The van der Waals surface area contributed by atoms with Crippen LogP contribution in [0.3, 0.4) is 0 Å². The summed E-state index contributed by atoms with van der Waals surface area (Å²) in [6.45, 7) is 4.89. The Kier molecular flexibility index (Phi) is 5.95. The van der Waals surface area contributed by atoms with E-state index in [-0.39, 0.29) is 11.5 Å². The number of benzene rings is 1. The molecule has 2 aromatic rings. The van der Waals surface area contributed by atoms with Crippen molar-refractivity contribution in [3.8, 4) is 0 Å². The van der Waals surface area contributed by atoms with Crippen LogP contribution in [0, 0.1) is 0 Å². The Morgan fingerprint density at radius 1 is 1.14 bits per heavy atom. The molecule has 1 amide bonds. The fourth-order valence-electron chi connectivity index (χ4n) is 4.12. The summed E-state index contributed by atoms with van der Waals surface area (Å²) in [5.74, 6) is -0.0586. The largest absolute Gasteiger partial charge is 0.371 e. The number of likely N-dealkylation sites (tertiary alicyclic amines) is 1. The molecule has 4 rings (SSSR count). The first kappa shape index (κ1) is 19.4. The highest BCUT2D eigenvalue weighted by atomic mass is 35.5. The minimum absolute atomic E-state index is 0.0586. The van der Waals surface area contributed by atoms with Gasteiger partial charge >= 0.3 is 0 Å². The second kappa shape index (κ2) is 8.60. The van der Waals surface area contributed by atoms with Crippen molar-refractivity contribution in [3.05, 3.63) is 64.9 Å². The lowest BCUT2D eigenvalue weighted by Gasteiger charge is -2.47. The monoisotopic (exact) mass is 399 g/mol. The molecule has 28 heavy (non-hydrogen) atoms. The van der Waals surface area contributed by atoms with Gasteiger partial charge in [-0.25, -0.2) is 0 Å². The predicted octanol–water partition coefficient (Wildman–Crippen LogP) is 3.28. The molecule has 6 heteroatoms. The van der Waals surface area contributed by atoms with Gasteiger partial charge in [0.1, 0.15) is 5.69 Å². The lowest BCUT2D eigenvalue weighted by atomic mass is 9.89. The van der Waals surface area contributed by atoms with E-state index in [1.54, 1.807) is 18.3 Å². The van der Waals surface area contributed by atoms with Crippen molar-refractivity contribution in [2.45, 2.75) is 24.9 Å². The van der Waals surface area contributed by atoms with Crippen LogP contribution < -0.4 is 0 Å². The molecule has 0 unspecified atom stereocenters. The van der Waals surface area contributed by atoms with E-state index in [0.717, 1.165) is 38.9 Å². The normalized spacial score (nSPS) is 19.7. The van der Waals surface area contributed by atoms with E-state index in [4.69, 9.17) is 16.3 Å². The molecule has 2 aliphatic rings. The molecule has 2 fully saturated rings. The Hall–Kier alpha value is -1.95. The fourth-order valence-corrected chi connectivity index (χ4v) is 4.28. The summed E-state index contributed by atoms with van der Waals surface area (Å²) < 4.78 is 6.19. The molecule has 5 nitrogen and oxygen atoms in total. The smallest absolute Gasteiger partial charge is 0.272 e. The SMILES string of the molecule is O=C(c1cc(Cl)ccn1)N1CCOC2(CCN(CCc3ccccc3)CC2)C1. The lowest BCUT2D eigenvalue weighted by Crippen LogP contribution is -2.58. The number of rotatable bonds is 4. The third kappa shape index (κ3) is 4.54. The highest BCUT2D eigenvalue weighted by molar-refractivity contribution is 6.30. The molecule has 2 saturated heterocycles. The van der Waals surface area contributed by atoms with E-state index in [0.29, 0.717) is 30.4 Å². The van der Waals surface area contributed by atoms with Crippen LogP contribution in [0.2, 0.25) is 5.02 Å². The van der Waals surface area contributed by atoms with Crippen molar-refractivity contribution >= 4 is 17.5 Å².